The number of amides is 2. The van der Waals surface area contributed by atoms with E-state index in [4.69, 9.17) is 0 Å². The molecule has 1 aromatic carbocycles. The number of allylic oxidation sites excluding steroid dienone is 2. The summed E-state index contributed by atoms with van der Waals surface area (Å²) in [5, 5.41) is 3.30. The first-order chi connectivity index (χ1) is 11.6. The van der Waals surface area contributed by atoms with Crippen molar-refractivity contribution in [3.63, 3.8) is 0 Å². The molecule has 124 valence electrons. The molecular weight excluding hydrogens is 300 g/mol. The lowest BCUT2D eigenvalue weighted by Gasteiger charge is -2.37. The van der Waals surface area contributed by atoms with Gasteiger partial charge in [-0.15, -0.1) is 0 Å². The molecule has 6 atom stereocenters. The third kappa shape index (κ3) is 1.80. The second kappa shape index (κ2) is 4.71. The number of hydrogen-bond acceptors (Lipinski definition) is 3. The molecule has 0 aromatic heterocycles. The minimum absolute atomic E-state index is 0.0347. The number of hydrogen-bond donors (Lipinski definition) is 1. The van der Waals surface area contributed by atoms with Crippen LogP contribution in [0.4, 0.5) is 5.69 Å². The number of nitrogens with one attached hydrogen (secondary N) is 1. The van der Waals surface area contributed by atoms with Gasteiger partial charge in [0.15, 0.2) is 0 Å². The molecule has 2 bridgehead atoms. The van der Waals surface area contributed by atoms with E-state index in [9.17, 15) is 9.59 Å². The molecule has 3 fully saturated rings. The van der Waals surface area contributed by atoms with E-state index in [0.29, 0.717) is 23.7 Å². The maximum absolute atomic E-state index is 12.9. The van der Waals surface area contributed by atoms with E-state index >= 15 is 0 Å². The van der Waals surface area contributed by atoms with Gasteiger partial charge >= 0.3 is 0 Å². The summed E-state index contributed by atoms with van der Waals surface area (Å²) in [6, 6.07) is 6.19. The highest BCUT2D eigenvalue weighted by atomic mass is 16.2. The van der Waals surface area contributed by atoms with Crippen LogP contribution in [0.15, 0.2) is 30.4 Å². The van der Waals surface area contributed by atoms with Crippen molar-refractivity contribution in [3.05, 3.63) is 41.5 Å². The van der Waals surface area contributed by atoms with Crippen LogP contribution in [0.3, 0.4) is 0 Å². The number of nitrogens with zero attached hydrogens (tertiary/aromatic N) is 1. The van der Waals surface area contributed by atoms with Gasteiger partial charge in [-0.1, -0.05) is 24.3 Å². The van der Waals surface area contributed by atoms with E-state index in [1.54, 1.807) is 0 Å². The summed E-state index contributed by atoms with van der Waals surface area (Å²) in [5.41, 5.74) is 3.28. The van der Waals surface area contributed by atoms with Crippen molar-refractivity contribution in [1.29, 1.82) is 0 Å². The van der Waals surface area contributed by atoms with Crippen LogP contribution in [0.25, 0.3) is 0 Å². The van der Waals surface area contributed by atoms with Gasteiger partial charge in [0.1, 0.15) is 0 Å². The number of carbonyl (C=O) groups excluding carboxylic acids is 2. The van der Waals surface area contributed by atoms with Crippen molar-refractivity contribution in [3.8, 4) is 0 Å². The van der Waals surface area contributed by atoms with Gasteiger partial charge in [-0.2, -0.15) is 0 Å². The molecule has 1 N–H and O–H groups in total. The van der Waals surface area contributed by atoms with E-state index in [1.165, 1.54) is 11.3 Å². The number of aryl methyl sites for hydroxylation is 2. The predicted octanol–water partition coefficient (Wildman–Crippen LogP) is 2.73. The fourth-order valence-corrected chi connectivity index (χ4v) is 5.27. The number of likely N-dealkylation sites (tertiary alicyclic amines) is 1. The fourth-order valence-electron chi connectivity index (χ4n) is 5.27. The lowest BCUT2D eigenvalue weighted by Crippen LogP contribution is -2.40. The van der Waals surface area contributed by atoms with Crippen molar-refractivity contribution < 1.29 is 9.59 Å². The normalized spacial score (nSPS) is 38.3. The molecule has 1 aliphatic heterocycles. The van der Waals surface area contributed by atoms with Crippen molar-refractivity contribution in [2.75, 3.05) is 12.0 Å². The Labute approximate surface area is 141 Å². The van der Waals surface area contributed by atoms with Gasteiger partial charge in [-0.25, -0.2) is 0 Å². The van der Waals surface area contributed by atoms with Crippen LogP contribution in [0.5, 0.6) is 0 Å². The number of rotatable bonds is 3. The Morgan fingerprint density at radius 3 is 2.29 bits per heavy atom. The highest BCUT2D eigenvalue weighted by Crippen LogP contribution is 2.65. The zero-order valence-corrected chi connectivity index (χ0v) is 14.0. The molecule has 1 aromatic rings. The van der Waals surface area contributed by atoms with Crippen LogP contribution in [-0.4, -0.2) is 23.4 Å². The molecule has 6 rings (SSSR count). The van der Waals surface area contributed by atoms with Gasteiger partial charge in [-0.05, 0) is 61.1 Å². The maximum Gasteiger partial charge on any atom is 0.235 e. The summed E-state index contributed by atoms with van der Waals surface area (Å²) < 4.78 is 0. The summed E-state index contributed by atoms with van der Waals surface area (Å²) in [7, 11) is 0. The average Bonchev–Trinajstić information content (AvgIpc) is 3.35. The molecule has 4 aliphatic carbocycles. The zero-order valence-electron chi connectivity index (χ0n) is 14.0. The first-order valence-corrected chi connectivity index (χ1v) is 8.91. The molecular formula is C20H22N2O2. The molecule has 24 heavy (non-hydrogen) atoms. The van der Waals surface area contributed by atoms with Crippen molar-refractivity contribution >= 4 is 17.5 Å². The molecule has 4 heteroatoms. The molecule has 0 unspecified atom stereocenters. The Kier molecular flexibility index (Phi) is 2.80. The van der Waals surface area contributed by atoms with Gasteiger partial charge in [0, 0.05) is 5.69 Å². The van der Waals surface area contributed by atoms with Crippen molar-refractivity contribution in [1.82, 2.24) is 4.90 Å². The second-order valence-corrected chi connectivity index (χ2v) is 7.91. The summed E-state index contributed by atoms with van der Waals surface area (Å²) in [4.78, 5) is 27.3. The Balaban J connectivity index is 1.38. The number of benzene rings is 1. The minimum Gasteiger partial charge on any atom is -0.367 e. The molecule has 1 heterocycles. The first kappa shape index (κ1) is 14.3. The third-order valence-corrected chi connectivity index (χ3v) is 6.57. The van der Waals surface area contributed by atoms with Gasteiger partial charge < -0.3 is 5.32 Å². The molecule has 0 radical (unpaired) electrons. The van der Waals surface area contributed by atoms with E-state index in [0.717, 1.165) is 16.8 Å². The lowest BCUT2D eigenvalue weighted by molar-refractivity contribution is -0.139. The highest BCUT2D eigenvalue weighted by Gasteiger charge is 2.66. The summed E-state index contributed by atoms with van der Waals surface area (Å²) in [6.45, 7) is 4.36. The zero-order chi connectivity index (χ0) is 16.6. The Hall–Kier alpha value is -2.10. The van der Waals surface area contributed by atoms with Crippen LogP contribution in [0.2, 0.25) is 0 Å². The molecule has 2 amide bonds. The van der Waals surface area contributed by atoms with Crippen LogP contribution in [-0.2, 0) is 9.59 Å². The molecule has 5 aliphatic rings. The van der Waals surface area contributed by atoms with E-state index in [1.807, 2.05) is 13.8 Å². The van der Waals surface area contributed by atoms with Crippen LogP contribution in [0, 0.1) is 49.4 Å². The van der Waals surface area contributed by atoms with Gasteiger partial charge in [0.05, 0.1) is 18.5 Å². The Morgan fingerprint density at radius 2 is 1.67 bits per heavy atom. The lowest BCUT2D eigenvalue weighted by atomic mass is 9.63. The number of carbonyl (C=O) groups is 2. The first-order valence-electron chi connectivity index (χ1n) is 8.91. The largest absolute Gasteiger partial charge is 0.367 e. The van der Waals surface area contributed by atoms with E-state index in [2.05, 4.69) is 35.7 Å². The standard InChI is InChI=1S/C20H22N2O2/c1-10-3-4-11(2)16(7-10)21-9-22-19(23)17-12-5-6-13(15-8-14(12)15)18(17)20(22)24/h3-7,12-15,17-18,21H,8-9H2,1-2H3/t12-,13-,14-,15+,17+,18-/m1/s1. The van der Waals surface area contributed by atoms with Crippen LogP contribution in [0.1, 0.15) is 17.5 Å². The maximum atomic E-state index is 12.9. The third-order valence-electron chi connectivity index (χ3n) is 6.57. The monoisotopic (exact) mass is 322 g/mol. The smallest absolute Gasteiger partial charge is 0.235 e. The van der Waals surface area contributed by atoms with E-state index < -0.39 is 0 Å². The number of anilines is 1. The number of imide groups is 1. The molecule has 1 saturated heterocycles. The van der Waals surface area contributed by atoms with Gasteiger partial charge in [-0.3, -0.25) is 14.5 Å². The molecule has 2 saturated carbocycles. The SMILES string of the molecule is Cc1ccc(C)c(NCN2C(=O)[C@@H]3[C@@H]4C=C[C@H]([C@H]5C[C@@H]45)[C@@H]3C2=O)c1. The van der Waals surface area contributed by atoms with Crippen molar-refractivity contribution in [2.24, 2.45) is 35.5 Å². The summed E-state index contributed by atoms with van der Waals surface area (Å²) in [5.74, 6) is 1.78. The second-order valence-electron chi connectivity index (χ2n) is 7.91. The topological polar surface area (TPSA) is 49.4 Å². The predicted molar refractivity (Wildman–Crippen MR) is 91.0 cm³/mol. The minimum atomic E-state index is -0.100. The van der Waals surface area contributed by atoms with Crippen LogP contribution >= 0.6 is 0 Å². The van der Waals surface area contributed by atoms with Gasteiger partial charge in [0.25, 0.3) is 0 Å². The van der Waals surface area contributed by atoms with Crippen molar-refractivity contribution in [2.45, 2.75) is 20.3 Å². The molecule has 4 nitrogen and oxygen atoms in total. The Bertz CT molecular complexity index is 748. The summed E-state index contributed by atoms with van der Waals surface area (Å²) >= 11 is 0. The van der Waals surface area contributed by atoms with Crippen LogP contribution < -0.4 is 5.32 Å². The fraction of sp³-hybridized carbons (Fsp3) is 0.500. The molecule has 0 spiro atoms. The Morgan fingerprint density at radius 1 is 1.04 bits per heavy atom. The highest BCUT2D eigenvalue weighted by molar-refractivity contribution is 6.06. The summed E-state index contributed by atoms with van der Waals surface area (Å²) in [6.07, 6.45) is 5.64. The average molecular weight is 322 g/mol. The van der Waals surface area contributed by atoms with E-state index in [-0.39, 0.29) is 30.3 Å². The quantitative estimate of drug-likeness (QED) is 0.688. The van der Waals surface area contributed by atoms with Gasteiger partial charge in [0.2, 0.25) is 11.8 Å².